The second-order valence-corrected chi connectivity index (χ2v) is 6.54. The third-order valence-electron chi connectivity index (χ3n) is 3.96. The van der Waals surface area contributed by atoms with Gasteiger partial charge in [-0.1, -0.05) is 0 Å². The lowest BCUT2D eigenvalue weighted by Gasteiger charge is -2.10. The summed E-state index contributed by atoms with van der Waals surface area (Å²) in [6.45, 7) is 3.81. The van der Waals surface area contributed by atoms with E-state index in [1.54, 1.807) is 12.5 Å². The van der Waals surface area contributed by atoms with Crippen LogP contribution in [0.3, 0.4) is 0 Å². The summed E-state index contributed by atoms with van der Waals surface area (Å²) < 4.78 is 16.4. The maximum atomic E-state index is 12.2. The molecule has 0 bridgehead atoms. The summed E-state index contributed by atoms with van der Waals surface area (Å²) in [7, 11) is 1.60. The van der Waals surface area contributed by atoms with Gasteiger partial charge in [-0.25, -0.2) is 4.98 Å². The van der Waals surface area contributed by atoms with Crippen molar-refractivity contribution in [3.63, 3.8) is 0 Å². The number of hydrogen-bond acceptors (Lipinski definition) is 6. The van der Waals surface area contributed by atoms with Crippen molar-refractivity contribution >= 4 is 17.2 Å². The molecule has 1 saturated heterocycles. The van der Waals surface area contributed by atoms with Gasteiger partial charge in [-0.05, 0) is 38.0 Å². The van der Waals surface area contributed by atoms with Gasteiger partial charge in [0.15, 0.2) is 11.5 Å². The zero-order valence-corrected chi connectivity index (χ0v) is 15.2. The van der Waals surface area contributed by atoms with E-state index in [0.717, 1.165) is 30.0 Å². The van der Waals surface area contributed by atoms with Crippen molar-refractivity contribution in [2.45, 2.75) is 25.9 Å². The minimum atomic E-state index is -0.170. The Bertz CT molecular complexity index is 726. The first kappa shape index (κ1) is 17.7. The van der Waals surface area contributed by atoms with Gasteiger partial charge < -0.3 is 19.5 Å². The molecule has 1 amide bonds. The van der Waals surface area contributed by atoms with Gasteiger partial charge >= 0.3 is 0 Å². The lowest BCUT2D eigenvalue weighted by Crippen LogP contribution is -2.31. The molecule has 1 N–H and O–H groups in total. The number of ether oxygens (including phenoxy) is 3. The number of aromatic nitrogens is 1. The van der Waals surface area contributed by atoms with Crippen LogP contribution in [-0.2, 0) is 4.74 Å². The Balaban J connectivity index is 1.68. The van der Waals surface area contributed by atoms with Crippen LogP contribution in [0.1, 0.15) is 30.3 Å². The first-order chi connectivity index (χ1) is 12.2. The van der Waals surface area contributed by atoms with Gasteiger partial charge in [-0.2, -0.15) is 0 Å². The highest BCUT2D eigenvalue weighted by Gasteiger charge is 2.18. The largest absolute Gasteiger partial charge is 0.493 e. The SMILES string of the molecule is CCOc1ccc(-c2nc(C(=O)NC[C@@H]3CCCO3)cs2)cc1OC. The number of carbonyl (C=O) groups excluding carboxylic acids is 1. The van der Waals surface area contributed by atoms with Crippen LogP contribution in [0.5, 0.6) is 11.5 Å². The molecule has 2 heterocycles. The molecule has 7 heteroatoms. The van der Waals surface area contributed by atoms with Crippen LogP contribution in [0.25, 0.3) is 10.6 Å². The van der Waals surface area contributed by atoms with Crippen molar-refractivity contribution < 1.29 is 19.0 Å². The van der Waals surface area contributed by atoms with E-state index in [0.29, 0.717) is 30.3 Å². The van der Waals surface area contributed by atoms with Crippen molar-refractivity contribution in [1.82, 2.24) is 10.3 Å². The molecule has 0 radical (unpaired) electrons. The Labute approximate surface area is 151 Å². The van der Waals surface area contributed by atoms with Crippen LogP contribution in [0.4, 0.5) is 0 Å². The standard InChI is InChI=1S/C18H22N2O4S/c1-3-23-15-7-6-12(9-16(15)22-2)18-20-14(11-25-18)17(21)19-10-13-5-4-8-24-13/h6-7,9,11,13H,3-5,8,10H2,1-2H3,(H,19,21)/t13-/m0/s1. The van der Waals surface area contributed by atoms with Crippen LogP contribution in [0.15, 0.2) is 23.6 Å². The first-order valence-electron chi connectivity index (χ1n) is 8.37. The molecule has 1 aliphatic heterocycles. The first-order valence-corrected chi connectivity index (χ1v) is 9.25. The van der Waals surface area contributed by atoms with Crippen molar-refractivity contribution in [2.75, 3.05) is 26.9 Å². The van der Waals surface area contributed by atoms with Crippen LogP contribution in [0, 0.1) is 0 Å². The number of hydrogen-bond donors (Lipinski definition) is 1. The number of amides is 1. The number of carbonyl (C=O) groups is 1. The topological polar surface area (TPSA) is 69.7 Å². The normalized spacial score (nSPS) is 16.6. The monoisotopic (exact) mass is 362 g/mol. The fourth-order valence-corrected chi connectivity index (χ4v) is 3.49. The predicted molar refractivity (Wildman–Crippen MR) is 96.6 cm³/mol. The van der Waals surface area contributed by atoms with Crippen LogP contribution in [0.2, 0.25) is 0 Å². The molecule has 1 fully saturated rings. The summed E-state index contributed by atoms with van der Waals surface area (Å²) in [6.07, 6.45) is 2.17. The van der Waals surface area contributed by atoms with E-state index in [9.17, 15) is 4.79 Å². The van der Waals surface area contributed by atoms with E-state index in [-0.39, 0.29) is 12.0 Å². The number of rotatable bonds is 7. The molecule has 25 heavy (non-hydrogen) atoms. The maximum absolute atomic E-state index is 12.2. The number of methoxy groups -OCH3 is 1. The molecule has 1 aromatic carbocycles. The number of thiazole rings is 1. The zero-order valence-electron chi connectivity index (χ0n) is 14.4. The number of nitrogens with zero attached hydrogens (tertiary/aromatic N) is 1. The molecule has 134 valence electrons. The van der Waals surface area contributed by atoms with Gasteiger partial charge in [0.25, 0.3) is 5.91 Å². The van der Waals surface area contributed by atoms with Crippen LogP contribution in [-0.4, -0.2) is 43.9 Å². The average Bonchev–Trinajstić information content (AvgIpc) is 3.32. The molecule has 0 aliphatic carbocycles. The Morgan fingerprint density at radius 3 is 3.04 bits per heavy atom. The zero-order chi connectivity index (χ0) is 17.6. The van der Waals surface area contributed by atoms with Crippen molar-refractivity contribution in [3.05, 3.63) is 29.3 Å². The third-order valence-corrected chi connectivity index (χ3v) is 4.85. The summed E-state index contributed by atoms with van der Waals surface area (Å²) in [5.41, 5.74) is 1.31. The number of benzene rings is 1. The Kier molecular flexibility index (Phi) is 5.88. The van der Waals surface area contributed by atoms with E-state index >= 15 is 0 Å². The maximum Gasteiger partial charge on any atom is 0.270 e. The van der Waals surface area contributed by atoms with E-state index < -0.39 is 0 Å². The summed E-state index contributed by atoms with van der Waals surface area (Å²) in [4.78, 5) is 16.7. The van der Waals surface area contributed by atoms with E-state index in [1.807, 2.05) is 25.1 Å². The minimum Gasteiger partial charge on any atom is -0.493 e. The van der Waals surface area contributed by atoms with Gasteiger partial charge in [-0.3, -0.25) is 4.79 Å². The third kappa shape index (κ3) is 4.29. The lowest BCUT2D eigenvalue weighted by molar-refractivity contribution is 0.0854. The van der Waals surface area contributed by atoms with Gasteiger partial charge in [0.2, 0.25) is 0 Å². The molecule has 6 nitrogen and oxygen atoms in total. The predicted octanol–water partition coefficient (Wildman–Crippen LogP) is 3.13. The second-order valence-electron chi connectivity index (χ2n) is 5.68. The molecule has 0 unspecified atom stereocenters. The minimum absolute atomic E-state index is 0.123. The summed E-state index contributed by atoms with van der Waals surface area (Å²) in [5.74, 6) is 1.18. The van der Waals surface area contributed by atoms with E-state index in [2.05, 4.69) is 10.3 Å². The van der Waals surface area contributed by atoms with Crippen molar-refractivity contribution in [3.8, 4) is 22.1 Å². The highest BCUT2D eigenvalue weighted by molar-refractivity contribution is 7.13. The van der Waals surface area contributed by atoms with Crippen LogP contribution >= 0.6 is 11.3 Å². The van der Waals surface area contributed by atoms with Crippen molar-refractivity contribution in [1.29, 1.82) is 0 Å². The van der Waals surface area contributed by atoms with Crippen LogP contribution < -0.4 is 14.8 Å². The molecule has 1 aromatic heterocycles. The molecule has 0 saturated carbocycles. The molecule has 1 atom stereocenters. The Morgan fingerprint density at radius 1 is 1.44 bits per heavy atom. The van der Waals surface area contributed by atoms with Gasteiger partial charge in [-0.15, -0.1) is 11.3 Å². The highest BCUT2D eigenvalue weighted by atomic mass is 32.1. The van der Waals surface area contributed by atoms with Crippen molar-refractivity contribution in [2.24, 2.45) is 0 Å². The van der Waals surface area contributed by atoms with Gasteiger partial charge in [0.1, 0.15) is 10.7 Å². The number of nitrogens with one attached hydrogen (secondary N) is 1. The summed E-state index contributed by atoms with van der Waals surface area (Å²) in [6, 6.07) is 5.65. The molecular formula is C18H22N2O4S. The van der Waals surface area contributed by atoms with E-state index in [1.165, 1.54) is 11.3 Å². The fourth-order valence-electron chi connectivity index (χ4n) is 2.69. The van der Waals surface area contributed by atoms with Gasteiger partial charge in [0, 0.05) is 24.1 Å². The molecular weight excluding hydrogens is 340 g/mol. The smallest absolute Gasteiger partial charge is 0.270 e. The highest BCUT2D eigenvalue weighted by Crippen LogP contribution is 2.33. The average molecular weight is 362 g/mol. The lowest BCUT2D eigenvalue weighted by atomic mass is 10.2. The second kappa shape index (κ2) is 8.31. The molecule has 0 spiro atoms. The summed E-state index contributed by atoms with van der Waals surface area (Å²) in [5, 5.41) is 5.42. The van der Waals surface area contributed by atoms with Gasteiger partial charge in [0.05, 0.1) is 19.8 Å². The molecule has 2 aromatic rings. The summed E-state index contributed by atoms with van der Waals surface area (Å²) >= 11 is 1.43. The molecule has 3 rings (SSSR count). The fraction of sp³-hybridized carbons (Fsp3) is 0.444. The molecule has 1 aliphatic rings. The van der Waals surface area contributed by atoms with E-state index in [4.69, 9.17) is 14.2 Å². The Hall–Kier alpha value is -2.12. The Morgan fingerprint density at radius 2 is 2.32 bits per heavy atom. The quantitative estimate of drug-likeness (QED) is 0.819.